The zero-order valence-corrected chi connectivity index (χ0v) is 13.4. The molecule has 18 heavy (non-hydrogen) atoms. The fraction of sp³-hybridized carbons (Fsp3) is 0.600. The average Bonchev–Trinajstić information content (AvgIpc) is 2.59. The Kier molecular flexibility index (Phi) is 6.06. The predicted molar refractivity (Wildman–Crippen MR) is 84.3 cm³/mol. The van der Waals surface area contributed by atoms with E-state index in [1.54, 1.807) is 0 Å². The Bertz CT molecular complexity index is 369. The molecule has 1 fully saturated rings. The van der Waals surface area contributed by atoms with Crippen molar-refractivity contribution in [3.63, 3.8) is 0 Å². The van der Waals surface area contributed by atoms with Gasteiger partial charge in [-0.2, -0.15) is 0 Å². The predicted octanol–water partition coefficient (Wildman–Crippen LogP) is 4.85. The van der Waals surface area contributed by atoms with Crippen LogP contribution in [0.2, 0.25) is 0 Å². The van der Waals surface area contributed by atoms with E-state index >= 15 is 0 Å². The van der Waals surface area contributed by atoms with Gasteiger partial charge in [0.25, 0.3) is 0 Å². The molecular formula is C15H22BrNS. The molecule has 0 bridgehead atoms. The Balaban J connectivity index is 2.06. The van der Waals surface area contributed by atoms with Crippen LogP contribution >= 0.6 is 27.7 Å². The third kappa shape index (κ3) is 4.01. The van der Waals surface area contributed by atoms with Crippen molar-refractivity contribution in [2.45, 2.75) is 55.2 Å². The van der Waals surface area contributed by atoms with Crippen molar-refractivity contribution in [1.29, 1.82) is 0 Å². The molecule has 1 N–H and O–H groups in total. The van der Waals surface area contributed by atoms with E-state index in [0.29, 0.717) is 11.3 Å². The number of nitrogens with one attached hydrogen (secondary N) is 1. The van der Waals surface area contributed by atoms with Crippen molar-refractivity contribution in [1.82, 2.24) is 5.32 Å². The van der Waals surface area contributed by atoms with Gasteiger partial charge < -0.3 is 5.32 Å². The summed E-state index contributed by atoms with van der Waals surface area (Å²) in [5.41, 5.74) is 0. The highest BCUT2D eigenvalue weighted by molar-refractivity contribution is 9.10. The number of thioether (sulfide) groups is 1. The molecule has 0 heterocycles. The average molecular weight is 328 g/mol. The van der Waals surface area contributed by atoms with E-state index < -0.39 is 0 Å². The molecule has 0 spiro atoms. The molecule has 1 aromatic rings. The standard InChI is InChI=1S/C15H22BrNS/c1-2-17-13-9-4-3-5-11-15(13)18-14-10-7-6-8-12(14)16/h6-8,10,13,15,17H,2-5,9,11H2,1H3. The SMILES string of the molecule is CCNC1CCCCCC1Sc1ccccc1Br. The van der Waals surface area contributed by atoms with E-state index in [0.717, 1.165) is 6.54 Å². The first-order valence-corrected chi connectivity index (χ1v) is 8.63. The lowest BCUT2D eigenvalue weighted by atomic mass is 10.1. The first-order chi connectivity index (χ1) is 8.81. The highest BCUT2D eigenvalue weighted by Crippen LogP contribution is 2.36. The first kappa shape index (κ1) is 14.4. The summed E-state index contributed by atoms with van der Waals surface area (Å²) in [6, 6.07) is 9.26. The molecule has 1 saturated carbocycles. The molecule has 2 unspecified atom stereocenters. The number of hydrogen-bond acceptors (Lipinski definition) is 2. The number of halogens is 1. The van der Waals surface area contributed by atoms with Crippen molar-refractivity contribution in [3.8, 4) is 0 Å². The van der Waals surface area contributed by atoms with Crippen LogP contribution in [0.3, 0.4) is 0 Å². The smallest absolute Gasteiger partial charge is 0.0311 e. The molecule has 3 heteroatoms. The lowest BCUT2D eigenvalue weighted by molar-refractivity contribution is 0.482. The summed E-state index contributed by atoms with van der Waals surface area (Å²) >= 11 is 5.70. The molecule has 0 saturated heterocycles. The Hall–Kier alpha value is 0.01000. The maximum Gasteiger partial charge on any atom is 0.0311 e. The van der Waals surface area contributed by atoms with Gasteiger partial charge in [0.1, 0.15) is 0 Å². The molecule has 1 aliphatic carbocycles. The number of hydrogen-bond donors (Lipinski definition) is 1. The van der Waals surface area contributed by atoms with E-state index in [1.807, 2.05) is 11.8 Å². The molecule has 0 aromatic heterocycles. The maximum absolute atomic E-state index is 3.68. The van der Waals surface area contributed by atoms with Crippen molar-refractivity contribution < 1.29 is 0 Å². The normalized spacial score (nSPS) is 24.8. The van der Waals surface area contributed by atoms with Crippen LogP contribution in [0, 0.1) is 0 Å². The molecule has 1 aromatic carbocycles. The Morgan fingerprint density at radius 3 is 2.78 bits per heavy atom. The lowest BCUT2D eigenvalue weighted by Gasteiger charge is -2.25. The minimum absolute atomic E-state index is 0.676. The van der Waals surface area contributed by atoms with Crippen LogP contribution in [0.4, 0.5) is 0 Å². The largest absolute Gasteiger partial charge is 0.313 e. The van der Waals surface area contributed by atoms with E-state index in [4.69, 9.17) is 0 Å². The second kappa shape index (κ2) is 7.56. The summed E-state index contributed by atoms with van der Waals surface area (Å²) in [6.45, 7) is 3.29. The van der Waals surface area contributed by atoms with E-state index in [-0.39, 0.29) is 0 Å². The molecule has 0 amide bonds. The van der Waals surface area contributed by atoms with Gasteiger partial charge in [0.05, 0.1) is 0 Å². The van der Waals surface area contributed by atoms with Gasteiger partial charge in [-0.3, -0.25) is 0 Å². The summed E-state index contributed by atoms with van der Waals surface area (Å²) in [7, 11) is 0. The van der Waals surface area contributed by atoms with Crippen LogP contribution in [0.15, 0.2) is 33.6 Å². The molecule has 2 atom stereocenters. The number of benzene rings is 1. The minimum Gasteiger partial charge on any atom is -0.313 e. The van der Waals surface area contributed by atoms with E-state index in [1.165, 1.54) is 41.5 Å². The van der Waals surface area contributed by atoms with Crippen LogP contribution in [-0.4, -0.2) is 17.8 Å². The van der Waals surface area contributed by atoms with Gasteiger partial charge in [-0.15, -0.1) is 11.8 Å². The highest BCUT2D eigenvalue weighted by Gasteiger charge is 2.24. The zero-order chi connectivity index (χ0) is 12.8. The summed E-state index contributed by atoms with van der Waals surface area (Å²) in [6.07, 6.45) is 6.82. The second-order valence-electron chi connectivity index (χ2n) is 4.89. The summed E-state index contributed by atoms with van der Waals surface area (Å²) < 4.78 is 1.23. The number of rotatable bonds is 4. The Morgan fingerprint density at radius 1 is 1.22 bits per heavy atom. The van der Waals surface area contributed by atoms with Gasteiger partial charge in [-0.1, -0.05) is 38.3 Å². The lowest BCUT2D eigenvalue weighted by Crippen LogP contribution is -2.37. The molecule has 0 aliphatic heterocycles. The van der Waals surface area contributed by atoms with Crippen molar-refractivity contribution >= 4 is 27.7 Å². The van der Waals surface area contributed by atoms with Gasteiger partial charge in [0, 0.05) is 20.7 Å². The molecule has 0 radical (unpaired) electrons. The first-order valence-electron chi connectivity index (χ1n) is 6.96. The molecule has 1 nitrogen and oxygen atoms in total. The molecule has 1 aliphatic rings. The highest BCUT2D eigenvalue weighted by atomic mass is 79.9. The van der Waals surface area contributed by atoms with Crippen LogP contribution < -0.4 is 5.32 Å². The summed E-state index contributed by atoms with van der Waals surface area (Å²) in [4.78, 5) is 1.38. The minimum atomic E-state index is 0.676. The maximum atomic E-state index is 3.68. The van der Waals surface area contributed by atoms with Gasteiger partial charge in [0.15, 0.2) is 0 Å². The molecule has 100 valence electrons. The molecule has 2 rings (SSSR count). The van der Waals surface area contributed by atoms with Crippen LogP contribution in [0.5, 0.6) is 0 Å². The topological polar surface area (TPSA) is 12.0 Å². The van der Waals surface area contributed by atoms with Crippen molar-refractivity contribution in [2.24, 2.45) is 0 Å². The fourth-order valence-electron chi connectivity index (χ4n) is 2.61. The van der Waals surface area contributed by atoms with Gasteiger partial charge in [-0.25, -0.2) is 0 Å². The summed E-state index contributed by atoms with van der Waals surface area (Å²) in [5.74, 6) is 0. The quantitative estimate of drug-likeness (QED) is 0.793. The van der Waals surface area contributed by atoms with E-state index in [2.05, 4.69) is 52.4 Å². The van der Waals surface area contributed by atoms with Crippen molar-refractivity contribution in [3.05, 3.63) is 28.7 Å². The van der Waals surface area contributed by atoms with Crippen molar-refractivity contribution in [2.75, 3.05) is 6.54 Å². The van der Waals surface area contributed by atoms with Gasteiger partial charge >= 0.3 is 0 Å². The Morgan fingerprint density at radius 2 is 2.00 bits per heavy atom. The van der Waals surface area contributed by atoms with E-state index in [9.17, 15) is 0 Å². The van der Waals surface area contributed by atoms with Gasteiger partial charge in [-0.05, 0) is 47.4 Å². The third-order valence-electron chi connectivity index (χ3n) is 3.53. The molecular weight excluding hydrogens is 306 g/mol. The Labute approximate surface area is 123 Å². The zero-order valence-electron chi connectivity index (χ0n) is 11.0. The van der Waals surface area contributed by atoms with Crippen LogP contribution in [0.25, 0.3) is 0 Å². The second-order valence-corrected chi connectivity index (χ2v) is 7.02. The monoisotopic (exact) mass is 327 g/mol. The van der Waals surface area contributed by atoms with Crippen LogP contribution in [-0.2, 0) is 0 Å². The fourth-order valence-corrected chi connectivity index (χ4v) is 4.52. The van der Waals surface area contributed by atoms with Crippen LogP contribution in [0.1, 0.15) is 39.0 Å². The summed E-state index contributed by atoms with van der Waals surface area (Å²) in [5, 5.41) is 4.39. The van der Waals surface area contributed by atoms with Gasteiger partial charge in [0.2, 0.25) is 0 Å². The third-order valence-corrected chi connectivity index (χ3v) is 5.96.